The summed E-state index contributed by atoms with van der Waals surface area (Å²) in [5.74, 6) is 0.871. The first kappa shape index (κ1) is 20.0. The predicted molar refractivity (Wildman–Crippen MR) is 125 cm³/mol. The number of hydrogen-bond acceptors (Lipinski definition) is 2. The maximum Gasteiger partial charge on any atom is 0.147 e. The summed E-state index contributed by atoms with van der Waals surface area (Å²) < 4.78 is 2.41. The molecule has 0 spiro atoms. The van der Waals surface area contributed by atoms with Gasteiger partial charge in [0, 0.05) is 35.6 Å². The fourth-order valence-corrected chi connectivity index (χ4v) is 4.91. The van der Waals surface area contributed by atoms with E-state index in [2.05, 4.69) is 76.1 Å². The third kappa shape index (κ3) is 3.56. The van der Waals surface area contributed by atoms with E-state index in [-0.39, 0.29) is 0 Å². The summed E-state index contributed by atoms with van der Waals surface area (Å²) in [7, 11) is 0. The summed E-state index contributed by atoms with van der Waals surface area (Å²) >= 11 is 0. The van der Waals surface area contributed by atoms with Crippen molar-refractivity contribution in [2.75, 3.05) is 18.0 Å². The zero-order valence-electron chi connectivity index (χ0n) is 19.2. The van der Waals surface area contributed by atoms with E-state index in [1.165, 1.54) is 70.5 Å². The van der Waals surface area contributed by atoms with Gasteiger partial charge in [-0.3, -0.25) is 4.57 Å². The number of fused-ring (bicyclic) bond motifs is 1. The zero-order valence-corrected chi connectivity index (χ0v) is 19.2. The first-order chi connectivity index (χ1) is 13.8. The molecule has 0 aliphatic heterocycles. The lowest BCUT2D eigenvalue weighted by Crippen LogP contribution is -2.27. The summed E-state index contributed by atoms with van der Waals surface area (Å²) in [6.45, 7) is 17.9. The van der Waals surface area contributed by atoms with Gasteiger partial charge in [0.15, 0.2) is 0 Å². The van der Waals surface area contributed by atoms with Crippen LogP contribution in [0.1, 0.15) is 59.8 Å². The molecule has 0 bridgehead atoms. The molecule has 3 aromatic rings. The molecular weight excluding hydrogens is 354 g/mol. The Morgan fingerprint density at radius 3 is 2.24 bits per heavy atom. The SMILES string of the molecule is CCCN(CC1CC1)c1cc(C)nc2c1c(C)c(C)n2-c1c(C)cc(C)cc1C. The van der Waals surface area contributed by atoms with E-state index >= 15 is 0 Å². The Labute approximate surface area is 175 Å². The molecular formula is C26H35N3. The van der Waals surface area contributed by atoms with Crippen LogP contribution in [0.4, 0.5) is 5.69 Å². The van der Waals surface area contributed by atoms with E-state index in [1.54, 1.807) is 0 Å². The van der Waals surface area contributed by atoms with Gasteiger partial charge in [-0.2, -0.15) is 0 Å². The summed E-state index contributed by atoms with van der Waals surface area (Å²) in [6.07, 6.45) is 3.94. The average Bonchev–Trinajstić information content (AvgIpc) is 3.42. The number of aryl methyl sites for hydroxylation is 5. The molecule has 0 amide bonds. The zero-order chi connectivity index (χ0) is 20.9. The third-order valence-electron chi connectivity index (χ3n) is 6.44. The van der Waals surface area contributed by atoms with Crippen LogP contribution in [0.25, 0.3) is 16.7 Å². The van der Waals surface area contributed by atoms with E-state index in [0.29, 0.717) is 0 Å². The predicted octanol–water partition coefficient (Wildman–Crippen LogP) is 6.50. The third-order valence-corrected chi connectivity index (χ3v) is 6.44. The van der Waals surface area contributed by atoms with Crippen LogP contribution in [0.15, 0.2) is 18.2 Å². The van der Waals surface area contributed by atoms with Crippen molar-refractivity contribution in [3.05, 3.63) is 51.8 Å². The van der Waals surface area contributed by atoms with Crippen LogP contribution >= 0.6 is 0 Å². The lowest BCUT2D eigenvalue weighted by atomic mass is 10.0. The van der Waals surface area contributed by atoms with Gasteiger partial charge >= 0.3 is 0 Å². The summed E-state index contributed by atoms with van der Waals surface area (Å²) in [5.41, 5.74) is 11.5. The van der Waals surface area contributed by atoms with Crippen LogP contribution in [0, 0.1) is 47.5 Å². The van der Waals surface area contributed by atoms with Crippen molar-refractivity contribution < 1.29 is 0 Å². The van der Waals surface area contributed by atoms with E-state index < -0.39 is 0 Å². The smallest absolute Gasteiger partial charge is 0.147 e. The molecule has 1 aliphatic rings. The second kappa shape index (κ2) is 7.51. The van der Waals surface area contributed by atoms with Crippen molar-refractivity contribution in [3.8, 4) is 5.69 Å². The highest BCUT2D eigenvalue weighted by atomic mass is 15.1. The van der Waals surface area contributed by atoms with Crippen molar-refractivity contribution in [1.82, 2.24) is 9.55 Å². The van der Waals surface area contributed by atoms with Gasteiger partial charge in [0.05, 0.1) is 5.69 Å². The fraction of sp³-hybridized carbons (Fsp3) is 0.500. The molecule has 1 aliphatic carbocycles. The number of nitrogens with zero attached hydrogens (tertiary/aromatic N) is 3. The van der Waals surface area contributed by atoms with Gasteiger partial charge in [0.25, 0.3) is 0 Å². The Bertz CT molecular complexity index is 1050. The monoisotopic (exact) mass is 389 g/mol. The highest BCUT2D eigenvalue weighted by Crippen LogP contribution is 2.39. The van der Waals surface area contributed by atoms with Gasteiger partial charge in [-0.05, 0) is 89.5 Å². The minimum atomic E-state index is 0.871. The van der Waals surface area contributed by atoms with Gasteiger partial charge in [-0.15, -0.1) is 0 Å². The van der Waals surface area contributed by atoms with Crippen molar-refractivity contribution in [1.29, 1.82) is 0 Å². The number of anilines is 1. The van der Waals surface area contributed by atoms with Crippen LogP contribution in [0.3, 0.4) is 0 Å². The molecule has 0 unspecified atom stereocenters. The van der Waals surface area contributed by atoms with Gasteiger partial charge in [-0.25, -0.2) is 4.98 Å². The van der Waals surface area contributed by atoms with Crippen LogP contribution in [-0.4, -0.2) is 22.6 Å². The molecule has 3 nitrogen and oxygen atoms in total. The first-order valence-electron chi connectivity index (χ1n) is 11.1. The molecule has 2 aromatic heterocycles. The lowest BCUT2D eigenvalue weighted by molar-refractivity contribution is 0.709. The Kier molecular flexibility index (Phi) is 5.18. The molecule has 4 rings (SSSR count). The maximum absolute atomic E-state index is 5.07. The van der Waals surface area contributed by atoms with E-state index in [4.69, 9.17) is 4.98 Å². The van der Waals surface area contributed by atoms with Crippen LogP contribution < -0.4 is 4.90 Å². The Balaban J connectivity index is 1.99. The topological polar surface area (TPSA) is 21.1 Å². The largest absolute Gasteiger partial charge is 0.371 e. The molecule has 0 atom stereocenters. The van der Waals surface area contributed by atoms with E-state index in [0.717, 1.165) is 23.8 Å². The molecule has 1 aromatic carbocycles. The fourth-order valence-electron chi connectivity index (χ4n) is 4.91. The van der Waals surface area contributed by atoms with Crippen LogP contribution in [-0.2, 0) is 0 Å². The van der Waals surface area contributed by atoms with Gasteiger partial charge < -0.3 is 4.90 Å². The molecule has 0 saturated heterocycles. The highest BCUT2D eigenvalue weighted by molar-refractivity contribution is 5.96. The van der Waals surface area contributed by atoms with Crippen LogP contribution in [0.2, 0.25) is 0 Å². The van der Waals surface area contributed by atoms with Gasteiger partial charge in [0.2, 0.25) is 0 Å². The lowest BCUT2D eigenvalue weighted by Gasteiger charge is -2.26. The highest BCUT2D eigenvalue weighted by Gasteiger charge is 2.27. The number of benzene rings is 1. The molecule has 3 heteroatoms. The standard InChI is InChI=1S/C26H35N3/c1-8-11-28(15-22-9-10-22)23-14-19(5)27-26-24(23)20(6)21(7)29(26)25-17(3)12-16(2)13-18(25)4/h12-14,22H,8-11,15H2,1-7H3. The minimum Gasteiger partial charge on any atom is -0.371 e. The molecule has 0 radical (unpaired) electrons. The van der Waals surface area contributed by atoms with Gasteiger partial charge in [0.1, 0.15) is 5.65 Å². The molecule has 1 fully saturated rings. The molecule has 1 saturated carbocycles. The second-order valence-corrected chi connectivity index (χ2v) is 9.16. The van der Waals surface area contributed by atoms with Crippen molar-refractivity contribution in [2.45, 2.75) is 67.7 Å². The quantitative estimate of drug-likeness (QED) is 0.479. The number of pyridine rings is 1. The second-order valence-electron chi connectivity index (χ2n) is 9.16. The summed E-state index contributed by atoms with van der Waals surface area (Å²) in [6, 6.07) is 6.89. The van der Waals surface area contributed by atoms with Crippen molar-refractivity contribution >= 4 is 16.7 Å². The Morgan fingerprint density at radius 1 is 1.00 bits per heavy atom. The number of hydrogen-bond donors (Lipinski definition) is 0. The number of rotatable bonds is 6. The van der Waals surface area contributed by atoms with Crippen molar-refractivity contribution in [2.24, 2.45) is 5.92 Å². The minimum absolute atomic E-state index is 0.871. The van der Waals surface area contributed by atoms with Crippen molar-refractivity contribution in [3.63, 3.8) is 0 Å². The van der Waals surface area contributed by atoms with Gasteiger partial charge in [-0.1, -0.05) is 24.6 Å². The van der Waals surface area contributed by atoms with E-state index in [9.17, 15) is 0 Å². The maximum atomic E-state index is 5.07. The summed E-state index contributed by atoms with van der Waals surface area (Å²) in [4.78, 5) is 7.70. The first-order valence-corrected chi connectivity index (χ1v) is 11.1. The Hall–Kier alpha value is -2.29. The molecule has 0 N–H and O–H groups in total. The molecule has 29 heavy (non-hydrogen) atoms. The number of aromatic nitrogens is 2. The summed E-state index contributed by atoms with van der Waals surface area (Å²) in [5, 5.41) is 1.33. The Morgan fingerprint density at radius 2 is 1.66 bits per heavy atom. The average molecular weight is 390 g/mol. The molecule has 154 valence electrons. The van der Waals surface area contributed by atoms with Crippen LogP contribution in [0.5, 0.6) is 0 Å². The molecule has 2 heterocycles. The van der Waals surface area contributed by atoms with E-state index in [1.807, 2.05) is 0 Å². The normalized spacial score (nSPS) is 14.0.